The molecule has 0 saturated heterocycles. The molecule has 0 aliphatic heterocycles. The van der Waals surface area contributed by atoms with Crippen molar-refractivity contribution in [1.82, 2.24) is 0 Å². The van der Waals surface area contributed by atoms with Crippen LogP contribution in [0.1, 0.15) is 5.56 Å². The van der Waals surface area contributed by atoms with Gasteiger partial charge in [-0.3, -0.25) is 0 Å². The summed E-state index contributed by atoms with van der Waals surface area (Å²) >= 11 is 3.09. The molecule has 0 amide bonds. The molecular weight excluding hydrogens is 249 g/mol. The van der Waals surface area contributed by atoms with Gasteiger partial charge in [0.05, 0.1) is 0 Å². The predicted octanol–water partition coefficient (Wildman–Crippen LogP) is 2.47. The number of hydrogen-bond donors (Lipinski definition) is 0. The summed E-state index contributed by atoms with van der Waals surface area (Å²) in [6, 6.07) is 4.41. The van der Waals surface area contributed by atoms with Gasteiger partial charge in [-0.25, -0.2) is 4.39 Å². The summed E-state index contributed by atoms with van der Waals surface area (Å²) in [6.07, 6.45) is 4.98. The first-order valence-corrected chi connectivity index (χ1v) is 4.43. The lowest BCUT2D eigenvalue weighted by Crippen LogP contribution is -1.98. The van der Waals surface area contributed by atoms with Crippen LogP contribution in [0.25, 0.3) is 0 Å². The van der Waals surface area contributed by atoms with Gasteiger partial charge in [-0.15, -0.1) is 6.42 Å². The van der Waals surface area contributed by atoms with Crippen molar-refractivity contribution in [3.8, 4) is 24.2 Å². The number of terminal acetylenes is 1. The highest BCUT2D eigenvalue weighted by Crippen LogP contribution is 2.26. The molecule has 0 saturated carbocycles. The Balaban J connectivity index is 3.14. The van der Waals surface area contributed by atoms with Crippen LogP contribution in [0.15, 0.2) is 16.6 Å². The van der Waals surface area contributed by atoms with E-state index in [1.54, 1.807) is 6.07 Å². The molecule has 1 rings (SSSR count). The Morgan fingerprint density at radius 2 is 2.29 bits per heavy atom. The maximum atomic E-state index is 13.2. The van der Waals surface area contributed by atoms with Gasteiger partial charge in [-0.1, -0.05) is 21.9 Å². The first kappa shape index (κ1) is 10.6. The third-order valence-corrected chi connectivity index (χ3v) is 1.90. The van der Waals surface area contributed by atoms with Crippen LogP contribution in [0, 0.1) is 29.5 Å². The van der Waals surface area contributed by atoms with Gasteiger partial charge < -0.3 is 4.74 Å². The van der Waals surface area contributed by atoms with Crippen LogP contribution in [-0.2, 0) is 0 Å². The van der Waals surface area contributed by atoms with Crippen molar-refractivity contribution in [2.45, 2.75) is 0 Å². The number of nitriles is 1. The van der Waals surface area contributed by atoms with E-state index in [0.29, 0.717) is 4.47 Å². The minimum absolute atomic E-state index is 0.00454. The summed E-state index contributed by atoms with van der Waals surface area (Å²) in [4.78, 5) is 0. The monoisotopic (exact) mass is 253 g/mol. The molecule has 0 aromatic heterocycles. The van der Waals surface area contributed by atoms with Gasteiger partial charge in [-0.05, 0) is 12.1 Å². The van der Waals surface area contributed by atoms with Gasteiger partial charge in [-0.2, -0.15) is 5.26 Å². The van der Waals surface area contributed by atoms with E-state index in [2.05, 4.69) is 21.9 Å². The normalized spacial score (nSPS) is 8.86. The van der Waals surface area contributed by atoms with E-state index in [0.717, 1.165) is 0 Å². The minimum atomic E-state index is -0.631. The highest BCUT2D eigenvalue weighted by Gasteiger charge is 2.10. The maximum absolute atomic E-state index is 13.2. The number of nitrogens with zero attached hydrogens (tertiary/aromatic N) is 1. The van der Waals surface area contributed by atoms with Crippen molar-refractivity contribution in [2.24, 2.45) is 0 Å². The molecule has 0 fully saturated rings. The molecule has 4 heteroatoms. The van der Waals surface area contributed by atoms with E-state index < -0.39 is 5.82 Å². The van der Waals surface area contributed by atoms with E-state index in [1.807, 2.05) is 0 Å². The lowest BCUT2D eigenvalue weighted by atomic mass is 10.2. The lowest BCUT2D eigenvalue weighted by Gasteiger charge is -2.05. The van der Waals surface area contributed by atoms with E-state index >= 15 is 0 Å². The summed E-state index contributed by atoms with van der Waals surface area (Å²) in [5.41, 5.74) is -0.136. The summed E-state index contributed by atoms with van der Waals surface area (Å²) in [5, 5.41) is 8.65. The Labute approximate surface area is 89.4 Å². The summed E-state index contributed by atoms with van der Waals surface area (Å²) in [7, 11) is 0. The molecule has 1 aromatic carbocycles. The molecular formula is C10H5BrFNO. The van der Waals surface area contributed by atoms with Crippen LogP contribution in [0.5, 0.6) is 5.75 Å². The molecule has 0 aliphatic carbocycles. The van der Waals surface area contributed by atoms with E-state index in [1.165, 1.54) is 12.1 Å². The number of benzene rings is 1. The molecule has 0 N–H and O–H groups in total. The second-order valence-corrected chi connectivity index (χ2v) is 3.28. The Morgan fingerprint density at radius 3 is 2.86 bits per heavy atom. The Bertz CT molecular complexity index is 431. The van der Waals surface area contributed by atoms with Crippen LogP contribution < -0.4 is 4.74 Å². The molecule has 70 valence electrons. The minimum Gasteiger partial charge on any atom is -0.479 e. The highest BCUT2D eigenvalue weighted by molar-refractivity contribution is 9.10. The molecule has 0 bridgehead atoms. The van der Waals surface area contributed by atoms with Crippen molar-refractivity contribution in [2.75, 3.05) is 6.61 Å². The van der Waals surface area contributed by atoms with Gasteiger partial charge in [0.2, 0.25) is 0 Å². The second-order valence-electron chi connectivity index (χ2n) is 2.37. The zero-order valence-corrected chi connectivity index (χ0v) is 8.64. The zero-order chi connectivity index (χ0) is 10.6. The topological polar surface area (TPSA) is 33.0 Å². The average molecular weight is 254 g/mol. The number of rotatable bonds is 2. The standard InChI is InChI=1S/C10H5BrFNO/c1-2-3-14-10-5-7(11)4-9(12)8(10)6-13/h1,4-5H,3H2. The van der Waals surface area contributed by atoms with Crippen molar-refractivity contribution in [1.29, 1.82) is 5.26 Å². The smallest absolute Gasteiger partial charge is 0.148 e. The zero-order valence-electron chi connectivity index (χ0n) is 7.05. The highest BCUT2D eigenvalue weighted by atomic mass is 79.9. The quantitative estimate of drug-likeness (QED) is 0.759. The van der Waals surface area contributed by atoms with E-state index in [4.69, 9.17) is 16.4 Å². The van der Waals surface area contributed by atoms with Crippen molar-refractivity contribution >= 4 is 15.9 Å². The molecule has 14 heavy (non-hydrogen) atoms. The SMILES string of the molecule is C#CCOc1cc(Br)cc(F)c1C#N. The Kier molecular flexibility index (Phi) is 3.50. The van der Waals surface area contributed by atoms with Crippen molar-refractivity contribution in [3.63, 3.8) is 0 Å². The first-order chi connectivity index (χ1) is 6.69. The van der Waals surface area contributed by atoms with Gasteiger partial charge in [0, 0.05) is 4.47 Å². The molecule has 0 heterocycles. The fourth-order valence-electron chi connectivity index (χ4n) is 0.892. The number of hydrogen-bond acceptors (Lipinski definition) is 2. The number of halogens is 2. The summed E-state index contributed by atoms with van der Waals surface area (Å²) in [6.45, 7) is 0.00454. The lowest BCUT2D eigenvalue weighted by molar-refractivity contribution is 0.366. The Hall–Kier alpha value is -1.52. The molecule has 0 unspecified atom stereocenters. The van der Waals surface area contributed by atoms with Gasteiger partial charge >= 0.3 is 0 Å². The second kappa shape index (κ2) is 4.64. The fourth-order valence-corrected chi connectivity index (χ4v) is 1.30. The third kappa shape index (κ3) is 2.25. The maximum Gasteiger partial charge on any atom is 0.148 e. The fraction of sp³-hybridized carbons (Fsp3) is 0.100. The van der Waals surface area contributed by atoms with Crippen LogP contribution in [0.4, 0.5) is 4.39 Å². The average Bonchev–Trinajstić information content (AvgIpc) is 2.14. The third-order valence-electron chi connectivity index (χ3n) is 1.44. The summed E-state index contributed by atoms with van der Waals surface area (Å²) in [5.74, 6) is 1.76. The molecule has 2 nitrogen and oxygen atoms in total. The molecule has 0 atom stereocenters. The predicted molar refractivity (Wildman–Crippen MR) is 53.1 cm³/mol. The van der Waals surface area contributed by atoms with Crippen LogP contribution in [-0.4, -0.2) is 6.61 Å². The number of ether oxygens (including phenoxy) is 1. The van der Waals surface area contributed by atoms with Gasteiger partial charge in [0.1, 0.15) is 29.8 Å². The van der Waals surface area contributed by atoms with Gasteiger partial charge in [0.25, 0.3) is 0 Å². The molecule has 0 spiro atoms. The van der Waals surface area contributed by atoms with Gasteiger partial charge in [0.15, 0.2) is 0 Å². The van der Waals surface area contributed by atoms with Crippen molar-refractivity contribution in [3.05, 3.63) is 28.0 Å². The van der Waals surface area contributed by atoms with E-state index in [9.17, 15) is 4.39 Å². The van der Waals surface area contributed by atoms with Crippen molar-refractivity contribution < 1.29 is 9.13 Å². The largest absolute Gasteiger partial charge is 0.479 e. The first-order valence-electron chi connectivity index (χ1n) is 3.64. The molecule has 0 radical (unpaired) electrons. The van der Waals surface area contributed by atoms with E-state index in [-0.39, 0.29) is 17.9 Å². The Morgan fingerprint density at radius 1 is 1.57 bits per heavy atom. The molecule has 1 aromatic rings. The van der Waals surface area contributed by atoms with Crippen LogP contribution in [0.2, 0.25) is 0 Å². The van der Waals surface area contributed by atoms with Crippen LogP contribution >= 0.6 is 15.9 Å². The molecule has 0 aliphatic rings. The summed E-state index contributed by atoms with van der Waals surface area (Å²) < 4.78 is 18.7. The van der Waals surface area contributed by atoms with Crippen LogP contribution in [0.3, 0.4) is 0 Å².